The molecule has 8 nitrogen and oxygen atoms in total. The molecule has 0 fully saturated rings. The molecule has 1 aliphatic heterocycles. The maximum absolute atomic E-state index is 13.3. The summed E-state index contributed by atoms with van der Waals surface area (Å²) < 4.78 is 1.37. The number of ketones is 2. The molecule has 2 aromatic rings. The Morgan fingerprint density at radius 3 is 2.59 bits per heavy atom. The van der Waals surface area contributed by atoms with Gasteiger partial charge < -0.3 is 15.4 Å². The first kappa shape index (κ1) is 17.5. The van der Waals surface area contributed by atoms with E-state index in [-0.39, 0.29) is 23.3 Å². The summed E-state index contributed by atoms with van der Waals surface area (Å²) in [5, 5.41) is 14.7. The Morgan fingerprint density at radius 1 is 1.17 bits per heavy atom. The fraction of sp³-hybridized carbons (Fsp3) is 0.286. The second-order valence-corrected chi connectivity index (χ2v) is 7.84. The van der Waals surface area contributed by atoms with Crippen molar-refractivity contribution in [3.63, 3.8) is 0 Å². The van der Waals surface area contributed by atoms with Crippen molar-refractivity contribution < 1.29 is 14.5 Å². The van der Waals surface area contributed by atoms with Crippen LogP contribution in [0.3, 0.4) is 0 Å². The van der Waals surface area contributed by atoms with Crippen LogP contribution in [0.2, 0.25) is 0 Å². The lowest BCUT2D eigenvalue weighted by molar-refractivity contribution is -0.391. The van der Waals surface area contributed by atoms with Crippen LogP contribution >= 0.6 is 0 Å². The predicted molar refractivity (Wildman–Crippen MR) is 104 cm³/mol. The SMILES string of the molecule is CC1CC(=O)C2=C(C1)NC1=C(C(=O)c3ccccc31)C2c1ncc([N+](=O)[O-])n1C. The first-order valence-electron chi connectivity index (χ1n) is 9.46. The first-order valence-corrected chi connectivity index (χ1v) is 9.46. The Morgan fingerprint density at radius 2 is 1.90 bits per heavy atom. The van der Waals surface area contributed by atoms with Gasteiger partial charge in [0.05, 0.1) is 12.7 Å². The summed E-state index contributed by atoms with van der Waals surface area (Å²) >= 11 is 0. The molecule has 0 amide bonds. The third-order valence-corrected chi connectivity index (χ3v) is 5.97. The highest BCUT2D eigenvalue weighted by atomic mass is 16.6. The fourth-order valence-electron chi connectivity index (χ4n) is 4.70. The lowest BCUT2D eigenvalue weighted by Crippen LogP contribution is -2.34. The van der Waals surface area contributed by atoms with E-state index >= 15 is 0 Å². The van der Waals surface area contributed by atoms with Crippen LogP contribution < -0.4 is 5.32 Å². The molecular formula is C21H18N4O4. The highest BCUT2D eigenvalue weighted by Crippen LogP contribution is 2.49. The monoisotopic (exact) mass is 390 g/mol. The average Bonchev–Trinajstić information content (AvgIpc) is 3.19. The quantitative estimate of drug-likeness (QED) is 0.624. The van der Waals surface area contributed by atoms with E-state index in [1.165, 1.54) is 10.8 Å². The minimum Gasteiger partial charge on any atom is -0.358 e. The first-order chi connectivity index (χ1) is 13.9. The van der Waals surface area contributed by atoms with Crippen molar-refractivity contribution in [2.75, 3.05) is 0 Å². The van der Waals surface area contributed by atoms with Crippen molar-refractivity contribution in [2.24, 2.45) is 13.0 Å². The summed E-state index contributed by atoms with van der Waals surface area (Å²) in [5.74, 6) is -0.599. The van der Waals surface area contributed by atoms with Gasteiger partial charge in [0, 0.05) is 34.4 Å². The maximum atomic E-state index is 13.3. The number of hydrogen-bond donors (Lipinski definition) is 1. The van der Waals surface area contributed by atoms with E-state index in [0.717, 1.165) is 11.3 Å². The van der Waals surface area contributed by atoms with Crippen LogP contribution in [0.4, 0.5) is 5.82 Å². The Kier molecular flexibility index (Phi) is 3.61. The number of hydrogen-bond acceptors (Lipinski definition) is 6. The molecule has 146 valence electrons. The van der Waals surface area contributed by atoms with Gasteiger partial charge in [-0.25, -0.2) is 9.55 Å². The van der Waals surface area contributed by atoms with Crippen LogP contribution in [0.25, 0.3) is 5.70 Å². The Bertz CT molecular complexity index is 1190. The summed E-state index contributed by atoms with van der Waals surface area (Å²) in [7, 11) is 1.55. The van der Waals surface area contributed by atoms with Crippen molar-refractivity contribution in [3.05, 3.63) is 74.4 Å². The standard InChI is InChI=1S/C21H18N4O4/c1-10-7-13-16(14(26)8-10)17(21-22-9-15(24(21)2)25(28)29)18-19(23-13)11-5-3-4-6-12(11)20(18)27/h3-6,9-10,17,23H,7-8H2,1-2H3. The second kappa shape index (κ2) is 5.97. The Balaban J connectivity index is 1.77. The van der Waals surface area contributed by atoms with E-state index in [4.69, 9.17) is 0 Å². The van der Waals surface area contributed by atoms with Gasteiger partial charge in [-0.1, -0.05) is 31.2 Å². The van der Waals surface area contributed by atoms with E-state index in [1.54, 1.807) is 19.2 Å². The topological polar surface area (TPSA) is 107 Å². The number of carbonyl (C=O) groups excluding carboxylic acids is 2. The van der Waals surface area contributed by atoms with E-state index in [1.807, 2.05) is 19.1 Å². The normalized spacial score (nSPS) is 23.0. The van der Waals surface area contributed by atoms with Crippen molar-refractivity contribution in [2.45, 2.75) is 25.7 Å². The van der Waals surface area contributed by atoms with Crippen molar-refractivity contribution in [1.29, 1.82) is 0 Å². The zero-order chi connectivity index (χ0) is 20.4. The molecule has 1 aromatic heterocycles. The number of allylic oxidation sites excluding steroid dienone is 3. The number of carbonyl (C=O) groups is 2. The summed E-state index contributed by atoms with van der Waals surface area (Å²) in [4.78, 5) is 41.5. The number of benzene rings is 1. The maximum Gasteiger partial charge on any atom is 0.342 e. The number of fused-ring (bicyclic) bond motifs is 2. The van der Waals surface area contributed by atoms with Crippen LogP contribution in [0.15, 0.2) is 47.3 Å². The smallest absolute Gasteiger partial charge is 0.342 e. The van der Waals surface area contributed by atoms with Gasteiger partial charge in [-0.05, 0) is 17.3 Å². The van der Waals surface area contributed by atoms with Crippen LogP contribution in [0, 0.1) is 16.0 Å². The number of dihydropyridines is 1. The van der Waals surface area contributed by atoms with Gasteiger partial charge in [-0.2, -0.15) is 0 Å². The van der Waals surface area contributed by atoms with Gasteiger partial charge in [0.1, 0.15) is 12.1 Å². The number of imidazole rings is 1. The lowest BCUT2D eigenvalue weighted by atomic mass is 9.75. The van der Waals surface area contributed by atoms with Crippen LogP contribution in [-0.2, 0) is 11.8 Å². The number of nitrogens with zero attached hydrogens (tertiary/aromatic N) is 3. The zero-order valence-corrected chi connectivity index (χ0v) is 15.9. The molecule has 0 saturated heterocycles. The zero-order valence-electron chi connectivity index (χ0n) is 15.9. The van der Waals surface area contributed by atoms with Crippen molar-refractivity contribution in [1.82, 2.24) is 14.9 Å². The molecule has 3 aliphatic rings. The van der Waals surface area contributed by atoms with Crippen molar-refractivity contribution >= 4 is 23.1 Å². The van der Waals surface area contributed by atoms with Gasteiger partial charge in [-0.15, -0.1) is 0 Å². The number of nitrogens with one attached hydrogen (secondary N) is 1. The molecule has 0 saturated carbocycles. The third-order valence-electron chi connectivity index (χ3n) is 5.97. The Hall–Kier alpha value is -3.55. The summed E-state index contributed by atoms with van der Waals surface area (Å²) in [6.45, 7) is 2.02. The number of rotatable bonds is 2. The van der Waals surface area contributed by atoms with Gasteiger partial charge in [0.25, 0.3) is 0 Å². The molecule has 2 aliphatic carbocycles. The number of Topliss-reactive ketones (excluding diaryl/α,β-unsaturated/α-hetero) is 2. The van der Waals surface area contributed by atoms with E-state index in [9.17, 15) is 19.7 Å². The largest absolute Gasteiger partial charge is 0.358 e. The second-order valence-electron chi connectivity index (χ2n) is 7.84. The average molecular weight is 390 g/mol. The summed E-state index contributed by atoms with van der Waals surface area (Å²) in [6, 6.07) is 7.30. The predicted octanol–water partition coefficient (Wildman–Crippen LogP) is 2.88. The summed E-state index contributed by atoms with van der Waals surface area (Å²) in [6.07, 6.45) is 2.24. The molecule has 5 rings (SSSR count). The summed E-state index contributed by atoms with van der Waals surface area (Å²) in [5.41, 5.74) is 3.77. The number of nitro groups is 1. The van der Waals surface area contributed by atoms with E-state index < -0.39 is 10.8 Å². The van der Waals surface area contributed by atoms with Crippen molar-refractivity contribution in [3.8, 4) is 0 Å². The highest BCUT2D eigenvalue weighted by Gasteiger charge is 2.47. The minimum absolute atomic E-state index is 0.0443. The molecule has 0 spiro atoms. The molecule has 0 radical (unpaired) electrons. The molecule has 2 atom stereocenters. The van der Waals surface area contributed by atoms with E-state index in [2.05, 4.69) is 10.3 Å². The fourth-order valence-corrected chi connectivity index (χ4v) is 4.70. The Labute approximate surface area is 166 Å². The van der Waals surface area contributed by atoms with Crippen LogP contribution in [0.5, 0.6) is 0 Å². The molecule has 2 heterocycles. The molecule has 2 unspecified atom stereocenters. The van der Waals surface area contributed by atoms with Gasteiger partial charge in [-0.3, -0.25) is 9.59 Å². The van der Waals surface area contributed by atoms with Gasteiger partial charge in [0.15, 0.2) is 11.6 Å². The molecule has 1 aromatic carbocycles. The number of aromatic nitrogens is 2. The molecule has 0 bridgehead atoms. The highest BCUT2D eigenvalue weighted by molar-refractivity contribution is 6.23. The molecule has 29 heavy (non-hydrogen) atoms. The lowest BCUT2D eigenvalue weighted by Gasteiger charge is -2.33. The van der Waals surface area contributed by atoms with Gasteiger partial charge in [0.2, 0.25) is 5.82 Å². The van der Waals surface area contributed by atoms with Crippen LogP contribution in [0.1, 0.15) is 47.4 Å². The third kappa shape index (κ3) is 2.35. The van der Waals surface area contributed by atoms with Gasteiger partial charge >= 0.3 is 5.82 Å². The van der Waals surface area contributed by atoms with E-state index in [0.29, 0.717) is 41.1 Å². The molecule has 1 N–H and O–H groups in total. The van der Waals surface area contributed by atoms with Crippen LogP contribution in [-0.4, -0.2) is 26.0 Å². The minimum atomic E-state index is -0.722. The molecular weight excluding hydrogens is 372 g/mol. The molecule has 8 heteroatoms.